The largest absolute Gasteiger partial charge is 0.489 e. The molecule has 3 nitrogen and oxygen atoms in total. The molecule has 0 amide bonds. The van der Waals surface area contributed by atoms with Crippen molar-refractivity contribution in [2.24, 2.45) is 11.7 Å². The zero-order valence-corrected chi connectivity index (χ0v) is 14.5. The van der Waals surface area contributed by atoms with Crippen molar-refractivity contribution in [2.45, 2.75) is 32.4 Å². The molecule has 0 aliphatic carbocycles. The molecule has 3 heteroatoms. The van der Waals surface area contributed by atoms with Gasteiger partial charge in [0.05, 0.1) is 0 Å². The van der Waals surface area contributed by atoms with Gasteiger partial charge in [0.15, 0.2) is 0 Å². The van der Waals surface area contributed by atoms with Gasteiger partial charge in [-0.1, -0.05) is 49.4 Å². The van der Waals surface area contributed by atoms with Crippen LogP contribution < -0.4 is 10.5 Å². The second-order valence-electron chi connectivity index (χ2n) is 6.61. The first kappa shape index (κ1) is 17.0. The Labute approximate surface area is 145 Å². The van der Waals surface area contributed by atoms with E-state index in [1.54, 1.807) is 0 Å². The summed E-state index contributed by atoms with van der Waals surface area (Å²) in [5.41, 5.74) is 8.56. The van der Waals surface area contributed by atoms with Gasteiger partial charge in [-0.05, 0) is 61.7 Å². The molecule has 1 aliphatic rings. The van der Waals surface area contributed by atoms with E-state index in [4.69, 9.17) is 10.5 Å². The number of benzene rings is 2. The van der Waals surface area contributed by atoms with E-state index >= 15 is 0 Å². The fourth-order valence-electron chi connectivity index (χ4n) is 3.70. The van der Waals surface area contributed by atoms with Crippen LogP contribution in [0.2, 0.25) is 0 Å². The number of rotatable bonds is 7. The standard InChI is InChI=1S/C21H28N2O/c1-2-13-23-14-12-19(15-22)21(23)18-8-10-20(11-9-18)24-16-17-6-4-3-5-7-17/h3-11,19,21H,2,12-16,22H2,1H3. The molecule has 2 aromatic carbocycles. The number of hydrogen-bond acceptors (Lipinski definition) is 3. The molecular formula is C21H28N2O. The van der Waals surface area contributed by atoms with Crippen molar-refractivity contribution < 1.29 is 4.74 Å². The third kappa shape index (κ3) is 3.97. The van der Waals surface area contributed by atoms with Crippen LogP contribution >= 0.6 is 0 Å². The van der Waals surface area contributed by atoms with Crippen LogP contribution in [0.15, 0.2) is 54.6 Å². The van der Waals surface area contributed by atoms with E-state index in [1.165, 1.54) is 24.0 Å². The Morgan fingerprint density at radius 1 is 1.08 bits per heavy atom. The second-order valence-corrected chi connectivity index (χ2v) is 6.61. The minimum absolute atomic E-state index is 0.457. The lowest BCUT2D eigenvalue weighted by Crippen LogP contribution is -2.28. The van der Waals surface area contributed by atoms with E-state index in [2.05, 4.69) is 48.2 Å². The summed E-state index contributed by atoms with van der Waals surface area (Å²) in [4.78, 5) is 2.58. The highest BCUT2D eigenvalue weighted by Gasteiger charge is 2.33. The monoisotopic (exact) mass is 324 g/mol. The summed E-state index contributed by atoms with van der Waals surface area (Å²) in [6.45, 7) is 5.92. The first-order valence-electron chi connectivity index (χ1n) is 9.02. The summed E-state index contributed by atoms with van der Waals surface area (Å²) in [6.07, 6.45) is 2.39. The van der Waals surface area contributed by atoms with E-state index in [0.29, 0.717) is 18.6 Å². The summed E-state index contributed by atoms with van der Waals surface area (Å²) < 4.78 is 5.90. The molecule has 2 aromatic rings. The third-order valence-corrected chi connectivity index (χ3v) is 4.91. The summed E-state index contributed by atoms with van der Waals surface area (Å²) >= 11 is 0. The maximum Gasteiger partial charge on any atom is 0.119 e. The van der Waals surface area contributed by atoms with Gasteiger partial charge < -0.3 is 10.5 Å². The Balaban J connectivity index is 1.66. The molecule has 1 saturated heterocycles. The smallest absolute Gasteiger partial charge is 0.119 e. The number of nitrogens with two attached hydrogens (primary N) is 1. The summed E-state index contributed by atoms with van der Waals surface area (Å²) in [7, 11) is 0. The lowest BCUT2D eigenvalue weighted by atomic mass is 9.93. The van der Waals surface area contributed by atoms with Crippen molar-refractivity contribution in [2.75, 3.05) is 19.6 Å². The van der Waals surface area contributed by atoms with Crippen LogP contribution in [-0.4, -0.2) is 24.5 Å². The molecular weight excluding hydrogens is 296 g/mol. The lowest BCUT2D eigenvalue weighted by Gasteiger charge is -2.28. The number of hydrogen-bond donors (Lipinski definition) is 1. The van der Waals surface area contributed by atoms with Crippen molar-refractivity contribution in [1.82, 2.24) is 4.90 Å². The number of nitrogens with zero attached hydrogens (tertiary/aromatic N) is 1. The molecule has 128 valence electrons. The summed E-state index contributed by atoms with van der Waals surface area (Å²) in [5, 5.41) is 0. The van der Waals surface area contributed by atoms with Gasteiger partial charge in [0.2, 0.25) is 0 Å². The molecule has 3 rings (SSSR count). The topological polar surface area (TPSA) is 38.5 Å². The third-order valence-electron chi connectivity index (χ3n) is 4.91. The van der Waals surface area contributed by atoms with E-state index in [0.717, 1.165) is 25.4 Å². The van der Waals surface area contributed by atoms with Gasteiger partial charge in [-0.3, -0.25) is 4.90 Å². The van der Waals surface area contributed by atoms with Gasteiger partial charge in [0.25, 0.3) is 0 Å². The molecule has 0 radical (unpaired) electrons. The Morgan fingerprint density at radius 2 is 1.83 bits per heavy atom. The maximum absolute atomic E-state index is 6.01. The predicted molar refractivity (Wildman–Crippen MR) is 99.0 cm³/mol. The van der Waals surface area contributed by atoms with Crippen molar-refractivity contribution in [3.63, 3.8) is 0 Å². The second kappa shape index (κ2) is 8.32. The molecule has 0 saturated carbocycles. The molecule has 24 heavy (non-hydrogen) atoms. The van der Waals surface area contributed by atoms with Crippen molar-refractivity contribution in [3.8, 4) is 5.75 Å². The van der Waals surface area contributed by atoms with Gasteiger partial charge in [-0.25, -0.2) is 0 Å². The average molecular weight is 324 g/mol. The summed E-state index contributed by atoms with van der Waals surface area (Å²) in [6, 6.07) is 19.3. The van der Waals surface area contributed by atoms with E-state index in [9.17, 15) is 0 Å². The molecule has 0 spiro atoms. The molecule has 1 heterocycles. The quantitative estimate of drug-likeness (QED) is 0.837. The highest BCUT2D eigenvalue weighted by Crippen LogP contribution is 2.37. The van der Waals surface area contributed by atoms with Crippen LogP contribution in [0.4, 0.5) is 0 Å². The van der Waals surface area contributed by atoms with Gasteiger partial charge in [-0.2, -0.15) is 0 Å². The van der Waals surface area contributed by atoms with E-state index in [1.807, 2.05) is 18.2 Å². The van der Waals surface area contributed by atoms with E-state index < -0.39 is 0 Å². The molecule has 1 aliphatic heterocycles. The molecule has 1 fully saturated rings. The molecule has 0 aromatic heterocycles. The Kier molecular flexibility index (Phi) is 5.89. The maximum atomic E-state index is 6.01. The molecule has 0 bridgehead atoms. The van der Waals surface area contributed by atoms with Crippen LogP contribution in [0, 0.1) is 5.92 Å². The lowest BCUT2D eigenvalue weighted by molar-refractivity contribution is 0.230. The highest BCUT2D eigenvalue weighted by atomic mass is 16.5. The van der Waals surface area contributed by atoms with Crippen LogP contribution in [0.5, 0.6) is 5.75 Å². The van der Waals surface area contributed by atoms with Gasteiger partial charge >= 0.3 is 0 Å². The van der Waals surface area contributed by atoms with Crippen LogP contribution in [0.25, 0.3) is 0 Å². The number of likely N-dealkylation sites (tertiary alicyclic amines) is 1. The zero-order valence-electron chi connectivity index (χ0n) is 14.5. The summed E-state index contributed by atoms with van der Waals surface area (Å²) in [5.74, 6) is 1.49. The average Bonchev–Trinajstić information content (AvgIpc) is 3.04. The molecule has 2 unspecified atom stereocenters. The van der Waals surface area contributed by atoms with Gasteiger partial charge in [0, 0.05) is 6.04 Å². The minimum atomic E-state index is 0.457. The van der Waals surface area contributed by atoms with E-state index in [-0.39, 0.29) is 0 Å². The fourth-order valence-corrected chi connectivity index (χ4v) is 3.70. The number of ether oxygens (including phenoxy) is 1. The Morgan fingerprint density at radius 3 is 2.50 bits per heavy atom. The van der Waals surface area contributed by atoms with Crippen LogP contribution in [0.1, 0.15) is 36.9 Å². The first-order valence-corrected chi connectivity index (χ1v) is 9.02. The Hall–Kier alpha value is -1.84. The SMILES string of the molecule is CCCN1CCC(CN)C1c1ccc(OCc2ccccc2)cc1. The van der Waals surface area contributed by atoms with Gasteiger partial charge in [0.1, 0.15) is 12.4 Å². The minimum Gasteiger partial charge on any atom is -0.489 e. The normalized spacial score (nSPS) is 21.1. The van der Waals surface area contributed by atoms with Crippen LogP contribution in [-0.2, 0) is 6.61 Å². The van der Waals surface area contributed by atoms with Gasteiger partial charge in [-0.15, -0.1) is 0 Å². The van der Waals surface area contributed by atoms with Crippen LogP contribution in [0.3, 0.4) is 0 Å². The fraction of sp³-hybridized carbons (Fsp3) is 0.429. The predicted octanol–water partition coefficient (Wildman–Crippen LogP) is 4.00. The Bertz CT molecular complexity index is 611. The molecule has 2 N–H and O–H groups in total. The zero-order chi connectivity index (χ0) is 16.8. The van der Waals surface area contributed by atoms with Crippen molar-refractivity contribution in [1.29, 1.82) is 0 Å². The van der Waals surface area contributed by atoms with Crippen molar-refractivity contribution in [3.05, 3.63) is 65.7 Å². The van der Waals surface area contributed by atoms with Crippen molar-refractivity contribution >= 4 is 0 Å². The molecule has 2 atom stereocenters. The highest BCUT2D eigenvalue weighted by molar-refractivity contribution is 5.30. The first-order chi connectivity index (χ1) is 11.8.